The van der Waals surface area contributed by atoms with E-state index in [0.29, 0.717) is 27.6 Å². The van der Waals surface area contributed by atoms with Gasteiger partial charge in [-0.2, -0.15) is 0 Å². The highest BCUT2D eigenvalue weighted by Gasteiger charge is 2.16. The van der Waals surface area contributed by atoms with Gasteiger partial charge in [0.15, 0.2) is 0 Å². The lowest BCUT2D eigenvalue weighted by molar-refractivity contribution is 0.101. The smallest absolute Gasteiger partial charge is 0.319 e. The Hall–Kier alpha value is -3.39. The highest BCUT2D eigenvalue weighted by Crippen LogP contribution is 2.17. The van der Waals surface area contributed by atoms with E-state index < -0.39 is 5.91 Å². The van der Waals surface area contributed by atoms with Crippen molar-refractivity contribution in [1.82, 2.24) is 24.7 Å². The Kier molecular flexibility index (Phi) is 3.81. The normalized spacial score (nSPS) is 11.0. The van der Waals surface area contributed by atoms with E-state index in [0.717, 1.165) is 5.69 Å². The summed E-state index contributed by atoms with van der Waals surface area (Å²) in [4.78, 5) is 33.3. The second-order valence-corrected chi connectivity index (χ2v) is 6.10. The number of halogens is 1. The number of nitrogens with one attached hydrogen (secondary N) is 3. The van der Waals surface area contributed by atoms with Gasteiger partial charge in [0.2, 0.25) is 5.82 Å². The van der Waals surface area contributed by atoms with Crippen LogP contribution in [0.5, 0.6) is 0 Å². The zero-order valence-electron chi connectivity index (χ0n) is 13.6. The Labute approximate surface area is 151 Å². The predicted molar refractivity (Wildman–Crippen MR) is 98.0 cm³/mol. The molecule has 1 amide bonds. The molecule has 3 N–H and O–H groups in total. The summed E-state index contributed by atoms with van der Waals surface area (Å²) in [5.41, 5.74) is 2.24. The molecule has 0 aliphatic carbocycles. The molecule has 4 aromatic rings. The molecule has 0 aliphatic rings. The van der Waals surface area contributed by atoms with Gasteiger partial charge in [0.1, 0.15) is 5.82 Å². The molecule has 0 aliphatic heterocycles. The lowest BCUT2D eigenvalue weighted by Crippen LogP contribution is -2.14. The number of benzene rings is 2. The van der Waals surface area contributed by atoms with Crippen LogP contribution in [-0.2, 0) is 0 Å². The van der Waals surface area contributed by atoms with Crippen LogP contribution < -0.4 is 11.0 Å². The van der Waals surface area contributed by atoms with E-state index in [9.17, 15) is 9.59 Å². The number of imidazole rings is 1. The van der Waals surface area contributed by atoms with Crippen LogP contribution in [0.3, 0.4) is 0 Å². The largest absolute Gasteiger partial charge is 0.323 e. The van der Waals surface area contributed by atoms with Crippen molar-refractivity contribution in [3.05, 3.63) is 69.6 Å². The third-order valence-electron chi connectivity index (χ3n) is 3.82. The van der Waals surface area contributed by atoms with Crippen molar-refractivity contribution in [3.63, 3.8) is 0 Å². The van der Waals surface area contributed by atoms with Gasteiger partial charge >= 0.3 is 5.69 Å². The van der Waals surface area contributed by atoms with Gasteiger partial charge in [0.05, 0.1) is 16.7 Å². The number of aromatic nitrogens is 5. The van der Waals surface area contributed by atoms with Crippen molar-refractivity contribution in [3.8, 4) is 5.69 Å². The minimum absolute atomic E-state index is 0.0418. The van der Waals surface area contributed by atoms with E-state index in [1.165, 1.54) is 0 Å². The molecule has 26 heavy (non-hydrogen) atoms. The first-order valence-electron chi connectivity index (χ1n) is 7.72. The summed E-state index contributed by atoms with van der Waals surface area (Å²) < 4.78 is 1.57. The molecule has 9 heteroatoms. The molecule has 130 valence electrons. The highest BCUT2D eigenvalue weighted by molar-refractivity contribution is 6.30. The van der Waals surface area contributed by atoms with Crippen molar-refractivity contribution < 1.29 is 4.79 Å². The summed E-state index contributed by atoms with van der Waals surface area (Å²) >= 11 is 5.89. The number of carbonyl (C=O) groups is 1. The Morgan fingerprint density at radius 3 is 2.62 bits per heavy atom. The molecular weight excluding hydrogens is 356 g/mol. The van der Waals surface area contributed by atoms with Gasteiger partial charge in [0, 0.05) is 10.7 Å². The monoisotopic (exact) mass is 368 g/mol. The summed E-state index contributed by atoms with van der Waals surface area (Å²) in [7, 11) is 0. The van der Waals surface area contributed by atoms with E-state index in [1.54, 1.807) is 54.1 Å². The molecule has 0 fully saturated rings. The maximum absolute atomic E-state index is 12.5. The Balaban J connectivity index is 1.60. The number of H-pyrrole nitrogens is 2. The summed E-state index contributed by atoms with van der Waals surface area (Å²) in [5.74, 6) is 0.168. The van der Waals surface area contributed by atoms with Gasteiger partial charge in [0.25, 0.3) is 5.91 Å². The van der Waals surface area contributed by atoms with Crippen LogP contribution in [0, 0.1) is 6.92 Å². The standard InChI is InChI=1S/C17H13ClN6O2/c1-9-19-15(23-24(9)12-5-2-10(18)3-6-12)16(25)20-11-4-7-13-14(8-11)22-17(26)21-13/h2-8H,1H3,(H,20,25)(H2,21,22,26). The number of hydrogen-bond donors (Lipinski definition) is 3. The number of anilines is 1. The van der Waals surface area contributed by atoms with E-state index in [-0.39, 0.29) is 11.5 Å². The molecule has 0 bridgehead atoms. The fraction of sp³-hybridized carbons (Fsp3) is 0.0588. The van der Waals surface area contributed by atoms with Crippen LogP contribution in [-0.4, -0.2) is 30.6 Å². The number of amides is 1. The molecule has 8 nitrogen and oxygen atoms in total. The third kappa shape index (κ3) is 2.98. The maximum Gasteiger partial charge on any atom is 0.323 e. The highest BCUT2D eigenvalue weighted by atomic mass is 35.5. The first kappa shape index (κ1) is 16.1. The Morgan fingerprint density at radius 2 is 1.85 bits per heavy atom. The van der Waals surface area contributed by atoms with E-state index in [1.807, 2.05) is 0 Å². The average molecular weight is 369 g/mol. The fourth-order valence-electron chi connectivity index (χ4n) is 2.61. The lowest BCUT2D eigenvalue weighted by atomic mass is 10.2. The van der Waals surface area contributed by atoms with Crippen LogP contribution in [0.2, 0.25) is 5.02 Å². The molecule has 2 aromatic carbocycles. The van der Waals surface area contributed by atoms with E-state index >= 15 is 0 Å². The van der Waals surface area contributed by atoms with Crippen LogP contribution in [0.15, 0.2) is 47.3 Å². The number of carbonyl (C=O) groups excluding carboxylic acids is 1. The van der Waals surface area contributed by atoms with Crippen LogP contribution in [0.25, 0.3) is 16.7 Å². The number of aryl methyl sites for hydroxylation is 1. The van der Waals surface area contributed by atoms with Gasteiger partial charge < -0.3 is 15.3 Å². The maximum atomic E-state index is 12.5. The first-order chi connectivity index (χ1) is 12.5. The van der Waals surface area contributed by atoms with Gasteiger partial charge in [-0.25, -0.2) is 14.5 Å². The van der Waals surface area contributed by atoms with Gasteiger partial charge in [-0.3, -0.25) is 4.79 Å². The fourth-order valence-corrected chi connectivity index (χ4v) is 2.74. The lowest BCUT2D eigenvalue weighted by Gasteiger charge is -2.03. The van der Waals surface area contributed by atoms with Crippen molar-refractivity contribution in [1.29, 1.82) is 0 Å². The SMILES string of the molecule is Cc1nc(C(=O)Nc2ccc3[nH]c(=O)[nH]c3c2)nn1-c1ccc(Cl)cc1. The van der Waals surface area contributed by atoms with Crippen LogP contribution in [0.4, 0.5) is 5.69 Å². The van der Waals surface area contributed by atoms with E-state index in [4.69, 9.17) is 11.6 Å². The first-order valence-corrected chi connectivity index (χ1v) is 8.10. The van der Waals surface area contributed by atoms with Gasteiger partial charge in [-0.1, -0.05) is 11.6 Å². The second kappa shape index (κ2) is 6.16. The quantitative estimate of drug-likeness (QED) is 0.516. The third-order valence-corrected chi connectivity index (χ3v) is 4.07. The number of fused-ring (bicyclic) bond motifs is 1. The number of nitrogens with zero attached hydrogens (tertiary/aromatic N) is 3. The van der Waals surface area contributed by atoms with Crippen molar-refractivity contribution in [2.24, 2.45) is 0 Å². The molecule has 0 unspecified atom stereocenters. The molecule has 0 saturated heterocycles. The minimum Gasteiger partial charge on any atom is -0.319 e. The number of hydrogen-bond acceptors (Lipinski definition) is 4. The molecular formula is C17H13ClN6O2. The summed E-state index contributed by atoms with van der Waals surface area (Å²) in [6, 6.07) is 12.1. The summed E-state index contributed by atoms with van der Waals surface area (Å²) in [5, 5.41) is 7.60. The van der Waals surface area contributed by atoms with Gasteiger partial charge in [-0.05, 0) is 49.4 Å². The zero-order chi connectivity index (χ0) is 18.3. The Morgan fingerprint density at radius 1 is 1.12 bits per heavy atom. The van der Waals surface area contributed by atoms with Crippen LogP contribution >= 0.6 is 11.6 Å². The number of rotatable bonds is 3. The zero-order valence-corrected chi connectivity index (χ0v) is 14.3. The van der Waals surface area contributed by atoms with E-state index in [2.05, 4.69) is 25.4 Å². The van der Waals surface area contributed by atoms with Crippen LogP contribution in [0.1, 0.15) is 16.4 Å². The topological polar surface area (TPSA) is 108 Å². The van der Waals surface area contributed by atoms with Crippen molar-refractivity contribution >= 4 is 34.2 Å². The molecule has 2 heterocycles. The second-order valence-electron chi connectivity index (χ2n) is 5.66. The summed E-state index contributed by atoms with van der Waals surface area (Å²) in [6.45, 7) is 1.76. The molecule has 2 aromatic heterocycles. The molecule has 0 saturated carbocycles. The van der Waals surface area contributed by atoms with Crippen molar-refractivity contribution in [2.45, 2.75) is 6.92 Å². The molecule has 0 spiro atoms. The predicted octanol–water partition coefficient (Wildman–Crippen LogP) is 2.65. The molecule has 4 rings (SSSR count). The average Bonchev–Trinajstić information content (AvgIpc) is 3.17. The molecule has 0 radical (unpaired) electrons. The van der Waals surface area contributed by atoms with Crippen molar-refractivity contribution in [2.75, 3.05) is 5.32 Å². The molecule has 0 atom stereocenters. The Bertz CT molecular complexity index is 1170. The summed E-state index contributed by atoms with van der Waals surface area (Å²) in [6.07, 6.45) is 0. The van der Waals surface area contributed by atoms with Gasteiger partial charge in [-0.15, -0.1) is 5.10 Å². The number of aromatic amines is 2. The minimum atomic E-state index is -0.446.